The Morgan fingerprint density at radius 1 is 1.03 bits per heavy atom. The third-order valence-electron chi connectivity index (χ3n) is 6.10. The fourth-order valence-corrected chi connectivity index (χ4v) is 4.17. The molecule has 1 aliphatic rings. The van der Waals surface area contributed by atoms with Crippen molar-refractivity contribution >= 4 is 47.3 Å². The van der Waals surface area contributed by atoms with Crippen LogP contribution in [0.4, 0.5) is 5.69 Å². The number of piperazine rings is 1. The highest BCUT2D eigenvalue weighted by molar-refractivity contribution is 6.05. The van der Waals surface area contributed by atoms with Gasteiger partial charge in [0.2, 0.25) is 0 Å². The Hall–Kier alpha value is -2.84. The molecule has 0 spiro atoms. The minimum atomic E-state index is -0.153. The summed E-state index contributed by atoms with van der Waals surface area (Å²) >= 11 is 0. The molecule has 34 heavy (non-hydrogen) atoms. The number of likely N-dealkylation sites (N-methyl/N-ethyl adjacent to an activating group) is 1. The summed E-state index contributed by atoms with van der Waals surface area (Å²) in [6.45, 7) is 5.90. The number of benzene rings is 2. The molecule has 7 nitrogen and oxygen atoms in total. The van der Waals surface area contributed by atoms with Gasteiger partial charge in [-0.25, -0.2) is 0 Å². The topological polar surface area (TPSA) is 69.2 Å². The van der Waals surface area contributed by atoms with Gasteiger partial charge in [-0.15, -0.1) is 24.8 Å². The summed E-state index contributed by atoms with van der Waals surface area (Å²) < 4.78 is 1.79. The van der Waals surface area contributed by atoms with Gasteiger partial charge in [-0.05, 0) is 36.4 Å². The van der Waals surface area contributed by atoms with Gasteiger partial charge >= 0.3 is 0 Å². The van der Waals surface area contributed by atoms with Crippen LogP contribution in [0.25, 0.3) is 10.9 Å². The third kappa shape index (κ3) is 5.98. The maximum Gasteiger partial charge on any atom is 0.258 e. The molecule has 0 bridgehead atoms. The Balaban J connectivity index is 0.00000162. The van der Waals surface area contributed by atoms with Crippen LogP contribution in [0.1, 0.15) is 21.5 Å². The fraction of sp³-hybridized carbons (Fsp3) is 0.280. The van der Waals surface area contributed by atoms with Crippen LogP contribution in [-0.4, -0.2) is 63.7 Å². The minimum Gasteiger partial charge on any atom is -0.361 e. The zero-order valence-electron chi connectivity index (χ0n) is 19.1. The fourth-order valence-electron chi connectivity index (χ4n) is 4.17. The van der Waals surface area contributed by atoms with E-state index in [4.69, 9.17) is 0 Å². The number of H-pyrrole nitrogens is 1. The molecule has 0 saturated carbocycles. The van der Waals surface area contributed by atoms with E-state index >= 15 is 0 Å². The Morgan fingerprint density at radius 2 is 1.79 bits per heavy atom. The molecule has 1 aliphatic heterocycles. The van der Waals surface area contributed by atoms with E-state index in [0.29, 0.717) is 12.1 Å². The SMILES string of the molecule is CN1CCN(Cc2c[nH]c3ccc(NC(=O)c4cnn(Cc5ccccc5)c4)cc23)CC1.Cl.Cl. The lowest BCUT2D eigenvalue weighted by molar-refractivity contribution is 0.102. The van der Waals surface area contributed by atoms with Gasteiger partial charge in [0.1, 0.15) is 0 Å². The summed E-state index contributed by atoms with van der Waals surface area (Å²) in [5.74, 6) is -0.153. The number of fused-ring (bicyclic) bond motifs is 1. The zero-order valence-corrected chi connectivity index (χ0v) is 20.7. The number of nitrogens with one attached hydrogen (secondary N) is 2. The van der Waals surface area contributed by atoms with Crippen LogP contribution in [0.2, 0.25) is 0 Å². The van der Waals surface area contributed by atoms with Gasteiger partial charge < -0.3 is 15.2 Å². The van der Waals surface area contributed by atoms with Crippen molar-refractivity contribution in [3.63, 3.8) is 0 Å². The van der Waals surface area contributed by atoms with Crippen LogP contribution in [0.3, 0.4) is 0 Å². The number of halogens is 2. The van der Waals surface area contributed by atoms with Crippen LogP contribution in [0.5, 0.6) is 0 Å². The minimum absolute atomic E-state index is 0. The van der Waals surface area contributed by atoms with Gasteiger partial charge in [0, 0.05) is 61.7 Å². The van der Waals surface area contributed by atoms with Crippen LogP contribution in [-0.2, 0) is 13.1 Å². The van der Waals surface area contributed by atoms with E-state index in [2.05, 4.69) is 44.5 Å². The molecule has 2 aromatic heterocycles. The van der Waals surface area contributed by atoms with Gasteiger partial charge in [-0.1, -0.05) is 30.3 Å². The number of aromatic nitrogens is 3. The lowest BCUT2D eigenvalue weighted by atomic mass is 10.1. The molecule has 4 aromatic rings. The van der Waals surface area contributed by atoms with Crippen molar-refractivity contribution in [3.05, 3.63) is 83.8 Å². The molecular formula is C25H30Cl2N6O. The molecule has 0 unspecified atom stereocenters. The van der Waals surface area contributed by atoms with E-state index in [0.717, 1.165) is 54.9 Å². The second kappa shape index (κ2) is 11.5. The molecule has 180 valence electrons. The monoisotopic (exact) mass is 500 g/mol. The molecule has 1 saturated heterocycles. The summed E-state index contributed by atoms with van der Waals surface area (Å²) in [5, 5.41) is 8.52. The number of hydrogen-bond donors (Lipinski definition) is 2. The zero-order chi connectivity index (χ0) is 21.9. The number of hydrogen-bond acceptors (Lipinski definition) is 4. The molecule has 9 heteroatoms. The molecule has 2 N–H and O–H groups in total. The average Bonchev–Trinajstić information content (AvgIpc) is 3.43. The van der Waals surface area contributed by atoms with Crippen molar-refractivity contribution in [2.24, 2.45) is 0 Å². The van der Waals surface area contributed by atoms with Gasteiger partial charge in [0.15, 0.2) is 0 Å². The van der Waals surface area contributed by atoms with Gasteiger partial charge in [-0.2, -0.15) is 5.10 Å². The molecular weight excluding hydrogens is 471 g/mol. The van der Waals surface area contributed by atoms with Crippen molar-refractivity contribution in [1.29, 1.82) is 0 Å². The molecule has 3 heterocycles. The summed E-state index contributed by atoms with van der Waals surface area (Å²) in [7, 11) is 2.17. The van der Waals surface area contributed by atoms with Crippen molar-refractivity contribution in [2.75, 3.05) is 38.5 Å². The maximum atomic E-state index is 12.8. The standard InChI is InChI=1S/C25H28N6O.2ClH/c1-29-9-11-30(12-10-29)17-20-14-26-24-8-7-22(13-23(20)24)28-25(32)21-15-27-31(18-21)16-19-5-3-2-4-6-19;;/h2-8,13-15,18,26H,9-12,16-17H2,1H3,(H,28,32);2*1H. The normalized spacial score (nSPS) is 14.4. The smallest absolute Gasteiger partial charge is 0.258 e. The number of aromatic amines is 1. The third-order valence-corrected chi connectivity index (χ3v) is 6.10. The highest BCUT2D eigenvalue weighted by Crippen LogP contribution is 2.24. The number of anilines is 1. The molecule has 2 aromatic carbocycles. The first-order chi connectivity index (χ1) is 15.6. The summed E-state index contributed by atoms with van der Waals surface area (Å²) in [6, 6.07) is 16.1. The second-order valence-electron chi connectivity index (χ2n) is 8.52. The molecule has 1 fully saturated rings. The van der Waals surface area contributed by atoms with Crippen molar-refractivity contribution in [3.8, 4) is 0 Å². The van der Waals surface area contributed by atoms with E-state index in [1.165, 1.54) is 5.56 Å². The van der Waals surface area contributed by atoms with E-state index in [-0.39, 0.29) is 30.7 Å². The first kappa shape index (κ1) is 25.8. The lowest BCUT2D eigenvalue weighted by Crippen LogP contribution is -2.43. The lowest BCUT2D eigenvalue weighted by Gasteiger charge is -2.32. The van der Waals surface area contributed by atoms with E-state index in [1.54, 1.807) is 17.1 Å². The van der Waals surface area contributed by atoms with Crippen LogP contribution >= 0.6 is 24.8 Å². The second-order valence-corrected chi connectivity index (χ2v) is 8.52. The Morgan fingerprint density at radius 3 is 2.56 bits per heavy atom. The predicted molar refractivity (Wildman–Crippen MR) is 141 cm³/mol. The molecule has 0 atom stereocenters. The largest absolute Gasteiger partial charge is 0.361 e. The molecule has 1 amide bonds. The predicted octanol–water partition coefficient (Wildman–Crippen LogP) is 4.26. The Labute approximate surface area is 211 Å². The van der Waals surface area contributed by atoms with Crippen molar-refractivity contribution < 1.29 is 4.79 Å². The number of carbonyl (C=O) groups excluding carboxylic acids is 1. The molecule has 0 radical (unpaired) electrons. The first-order valence-electron chi connectivity index (χ1n) is 11.0. The highest BCUT2D eigenvalue weighted by Gasteiger charge is 2.16. The number of amides is 1. The molecule has 0 aliphatic carbocycles. The Kier molecular flexibility index (Phi) is 8.74. The maximum absolute atomic E-state index is 12.8. The highest BCUT2D eigenvalue weighted by atomic mass is 35.5. The van der Waals surface area contributed by atoms with E-state index in [1.807, 2.05) is 42.5 Å². The quantitative estimate of drug-likeness (QED) is 0.415. The van der Waals surface area contributed by atoms with Gasteiger partial charge in [-0.3, -0.25) is 14.4 Å². The van der Waals surface area contributed by atoms with E-state index < -0.39 is 0 Å². The number of rotatable bonds is 6. The molecule has 5 rings (SSSR count). The number of nitrogens with zero attached hydrogens (tertiary/aromatic N) is 4. The number of carbonyl (C=O) groups is 1. The summed E-state index contributed by atoms with van der Waals surface area (Å²) in [5.41, 5.74) is 4.83. The van der Waals surface area contributed by atoms with Gasteiger partial charge in [0.25, 0.3) is 5.91 Å². The Bertz CT molecular complexity index is 1210. The van der Waals surface area contributed by atoms with E-state index in [9.17, 15) is 4.79 Å². The van der Waals surface area contributed by atoms with Crippen LogP contribution < -0.4 is 5.32 Å². The van der Waals surface area contributed by atoms with Crippen LogP contribution in [0.15, 0.2) is 67.1 Å². The summed E-state index contributed by atoms with van der Waals surface area (Å²) in [4.78, 5) is 21.0. The van der Waals surface area contributed by atoms with Crippen molar-refractivity contribution in [1.82, 2.24) is 24.6 Å². The first-order valence-corrected chi connectivity index (χ1v) is 11.0. The van der Waals surface area contributed by atoms with Gasteiger partial charge in [0.05, 0.1) is 18.3 Å². The van der Waals surface area contributed by atoms with Crippen molar-refractivity contribution in [2.45, 2.75) is 13.1 Å². The summed E-state index contributed by atoms with van der Waals surface area (Å²) in [6.07, 6.45) is 5.49. The van der Waals surface area contributed by atoms with Crippen LogP contribution in [0, 0.1) is 0 Å². The average molecular weight is 501 g/mol.